The number of nitrogens with zero attached hydrogens (tertiary/aromatic N) is 4. The molecule has 2 N–H and O–H groups in total. The molecule has 0 saturated heterocycles. The molecule has 2 aromatic carbocycles. The number of benzene rings is 2. The number of anilines is 1. The maximum atomic E-state index is 4.54. The molecule has 3 aromatic heterocycles. The molecule has 28 heavy (non-hydrogen) atoms. The zero-order chi connectivity index (χ0) is 18.9. The van der Waals surface area contributed by atoms with Crippen LogP contribution in [0.1, 0.15) is 11.1 Å². The van der Waals surface area contributed by atoms with Crippen LogP contribution in [0, 0.1) is 6.92 Å². The van der Waals surface area contributed by atoms with Crippen molar-refractivity contribution < 1.29 is 0 Å². The molecule has 0 unspecified atom stereocenters. The highest BCUT2D eigenvalue weighted by molar-refractivity contribution is 5.87. The number of hydrogen-bond donors (Lipinski definition) is 2. The summed E-state index contributed by atoms with van der Waals surface area (Å²) in [6.45, 7) is 2.85. The molecule has 0 atom stereocenters. The van der Waals surface area contributed by atoms with Gasteiger partial charge < -0.3 is 10.3 Å². The van der Waals surface area contributed by atoms with Crippen LogP contribution in [0.3, 0.4) is 0 Å². The van der Waals surface area contributed by atoms with Gasteiger partial charge in [-0.3, -0.25) is 0 Å². The Kier molecular flexibility index (Phi) is 4.01. The molecule has 0 amide bonds. The smallest absolute Gasteiger partial charge is 0.168 e. The van der Waals surface area contributed by atoms with Crippen molar-refractivity contribution in [3.63, 3.8) is 0 Å². The lowest BCUT2D eigenvalue weighted by Gasteiger charge is -2.07. The van der Waals surface area contributed by atoms with Crippen LogP contribution < -0.4 is 5.32 Å². The first-order chi connectivity index (χ1) is 13.8. The zero-order valence-electron chi connectivity index (χ0n) is 15.6. The number of para-hydroxylation sites is 1. The SMILES string of the molecule is Cc1cccc(-n2ncc3c(NCCc4c[nH]c5ccccc45)ncnc32)c1. The van der Waals surface area contributed by atoms with E-state index >= 15 is 0 Å². The van der Waals surface area contributed by atoms with Gasteiger partial charge in [-0.25, -0.2) is 14.6 Å². The molecule has 6 nitrogen and oxygen atoms in total. The van der Waals surface area contributed by atoms with E-state index < -0.39 is 0 Å². The van der Waals surface area contributed by atoms with E-state index in [0.29, 0.717) is 0 Å². The van der Waals surface area contributed by atoms with Crippen molar-refractivity contribution in [3.05, 3.63) is 78.4 Å². The van der Waals surface area contributed by atoms with Gasteiger partial charge in [0.15, 0.2) is 5.65 Å². The minimum absolute atomic E-state index is 0.781. The number of aromatic nitrogens is 5. The normalized spacial score (nSPS) is 11.3. The summed E-state index contributed by atoms with van der Waals surface area (Å²) in [5.41, 5.74) is 5.45. The third-order valence-electron chi connectivity index (χ3n) is 4.97. The molecular weight excluding hydrogens is 348 g/mol. The Bertz CT molecular complexity index is 1270. The van der Waals surface area contributed by atoms with Crippen molar-refractivity contribution >= 4 is 27.8 Å². The fraction of sp³-hybridized carbons (Fsp3) is 0.136. The Morgan fingerprint density at radius 3 is 2.89 bits per heavy atom. The quantitative estimate of drug-likeness (QED) is 0.486. The minimum Gasteiger partial charge on any atom is -0.369 e. The lowest BCUT2D eigenvalue weighted by atomic mass is 10.1. The Labute approximate surface area is 162 Å². The molecule has 0 aliphatic rings. The van der Waals surface area contributed by atoms with Crippen LogP contribution in [-0.2, 0) is 6.42 Å². The van der Waals surface area contributed by atoms with Crippen molar-refractivity contribution in [1.29, 1.82) is 0 Å². The molecule has 0 radical (unpaired) electrons. The number of nitrogens with one attached hydrogen (secondary N) is 2. The van der Waals surface area contributed by atoms with Crippen LogP contribution in [0.15, 0.2) is 67.3 Å². The van der Waals surface area contributed by atoms with E-state index in [9.17, 15) is 0 Å². The largest absolute Gasteiger partial charge is 0.369 e. The van der Waals surface area contributed by atoms with E-state index in [1.54, 1.807) is 6.33 Å². The summed E-state index contributed by atoms with van der Waals surface area (Å²) in [5.74, 6) is 0.809. The summed E-state index contributed by atoms with van der Waals surface area (Å²) < 4.78 is 1.86. The van der Waals surface area contributed by atoms with Crippen LogP contribution in [0.5, 0.6) is 0 Å². The van der Waals surface area contributed by atoms with Gasteiger partial charge in [0.2, 0.25) is 0 Å². The fourth-order valence-corrected chi connectivity index (χ4v) is 3.59. The molecule has 0 spiro atoms. The number of aryl methyl sites for hydroxylation is 1. The summed E-state index contributed by atoms with van der Waals surface area (Å²) in [7, 11) is 0. The highest BCUT2D eigenvalue weighted by Gasteiger charge is 2.11. The molecule has 6 heteroatoms. The van der Waals surface area contributed by atoms with E-state index in [4.69, 9.17) is 0 Å². The van der Waals surface area contributed by atoms with Gasteiger partial charge >= 0.3 is 0 Å². The van der Waals surface area contributed by atoms with Crippen LogP contribution in [0.25, 0.3) is 27.6 Å². The molecular formula is C22H20N6. The van der Waals surface area contributed by atoms with Gasteiger partial charge in [0.1, 0.15) is 12.1 Å². The molecule has 5 aromatic rings. The molecule has 0 aliphatic heterocycles. The summed E-state index contributed by atoms with van der Waals surface area (Å²) >= 11 is 0. The predicted octanol–water partition coefficient (Wildman–Crippen LogP) is 4.26. The van der Waals surface area contributed by atoms with E-state index in [1.165, 1.54) is 22.0 Å². The van der Waals surface area contributed by atoms with Crippen LogP contribution in [-0.4, -0.2) is 31.3 Å². The number of aromatic amines is 1. The number of H-pyrrole nitrogens is 1. The topological polar surface area (TPSA) is 71.4 Å². The summed E-state index contributed by atoms with van der Waals surface area (Å²) in [6, 6.07) is 16.6. The maximum absolute atomic E-state index is 4.54. The zero-order valence-corrected chi connectivity index (χ0v) is 15.6. The fourth-order valence-electron chi connectivity index (χ4n) is 3.59. The van der Waals surface area contributed by atoms with Gasteiger partial charge in [0, 0.05) is 23.6 Å². The molecule has 138 valence electrons. The van der Waals surface area contributed by atoms with Crippen molar-refractivity contribution in [1.82, 2.24) is 24.7 Å². The third-order valence-corrected chi connectivity index (χ3v) is 4.97. The van der Waals surface area contributed by atoms with Crippen molar-refractivity contribution in [2.75, 3.05) is 11.9 Å². The summed E-state index contributed by atoms with van der Waals surface area (Å²) in [5, 5.41) is 10.2. The minimum atomic E-state index is 0.781. The first-order valence-electron chi connectivity index (χ1n) is 9.34. The average Bonchev–Trinajstić information content (AvgIpc) is 3.33. The molecule has 3 heterocycles. The molecule has 0 fully saturated rings. The van der Waals surface area contributed by atoms with Crippen molar-refractivity contribution in [2.24, 2.45) is 0 Å². The van der Waals surface area contributed by atoms with E-state index in [1.807, 2.05) is 29.1 Å². The van der Waals surface area contributed by atoms with Crippen molar-refractivity contribution in [2.45, 2.75) is 13.3 Å². The standard InChI is InChI=1S/C22H20N6/c1-15-5-4-6-17(11-15)28-22-19(13-27-28)21(25-14-26-22)23-10-9-16-12-24-20-8-3-2-7-18(16)20/h2-8,11-14,24H,9-10H2,1H3,(H,23,25,26). The van der Waals surface area contributed by atoms with Gasteiger partial charge in [-0.1, -0.05) is 30.3 Å². The number of fused-ring (bicyclic) bond motifs is 2. The van der Waals surface area contributed by atoms with E-state index in [2.05, 4.69) is 68.8 Å². The average molecular weight is 368 g/mol. The van der Waals surface area contributed by atoms with E-state index in [-0.39, 0.29) is 0 Å². The first kappa shape index (κ1) is 16.5. The second kappa shape index (κ2) is 6.81. The summed E-state index contributed by atoms with van der Waals surface area (Å²) in [4.78, 5) is 12.2. The van der Waals surface area contributed by atoms with Gasteiger partial charge in [0.25, 0.3) is 0 Å². The van der Waals surface area contributed by atoms with Crippen LogP contribution in [0.2, 0.25) is 0 Å². The van der Waals surface area contributed by atoms with E-state index in [0.717, 1.165) is 35.5 Å². The van der Waals surface area contributed by atoms with Gasteiger partial charge in [-0.2, -0.15) is 5.10 Å². The molecule has 0 bridgehead atoms. The van der Waals surface area contributed by atoms with Crippen LogP contribution in [0.4, 0.5) is 5.82 Å². The number of rotatable bonds is 5. The Balaban J connectivity index is 1.39. The Hall–Kier alpha value is -3.67. The predicted molar refractivity (Wildman–Crippen MR) is 112 cm³/mol. The maximum Gasteiger partial charge on any atom is 0.168 e. The van der Waals surface area contributed by atoms with Gasteiger partial charge in [-0.05, 0) is 42.7 Å². The molecule has 0 saturated carbocycles. The second-order valence-corrected chi connectivity index (χ2v) is 6.89. The van der Waals surface area contributed by atoms with Crippen LogP contribution >= 0.6 is 0 Å². The molecule has 5 rings (SSSR count). The Morgan fingerprint density at radius 1 is 1.04 bits per heavy atom. The van der Waals surface area contributed by atoms with Crippen molar-refractivity contribution in [3.8, 4) is 5.69 Å². The second-order valence-electron chi connectivity index (χ2n) is 6.89. The van der Waals surface area contributed by atoms with Gasteiger partial charge in [0.05, 0.1) is 17.3 Å². The number of hydrogen-bond acceptors (Lipinski definition) is 4. The van der Waals surface area contributed by atoms with Gasteiger partial charge in [-0.15, -0.1) is 0 Å². The first-order valence-corrected chi connectivity index (χ1v) is 9.34. The lowest BCUT2D eigenvalue weighted by Crippen LogP contribution is -2.07. The molecule has 0 aliphatic carbocycles. The Morgan fingerprint density at radius 2 is 1.96 bits per heavy atom. The highest BCUT2D eigenvalue weighted by atomic mass is 15.3. The highest BCUT2D eigenvalue weighted by Crippen LogP contribution is 2.23. The lowest BCUT2D eigenvalue weighted by molar-refractivity contribution is 0.893. The third kappa shape index (κ3) is 2.89. The monoisotopic (exact) mass is 368 g/mol. The summed E-state index contributed by atoms with van der Waals surface area (Å²) in [6.07, 6.45) is 6.40.